The SMILES string of the molecule is CC(C)(C)CCCC(O)[C@@H]1CC[C@@]2(CCC/C(=C\C=C3C[C@@H](O)C[C@H](O)C3)C2)C1. The lowest BCUT2D eigenvalue weighted by atomic mass is 9.70. The van der Waals surface area contributed by atoms with E-state index in [1.54, 1.807) is 0 Å². The van der Waals surface area contributed by atoms with E-state index in [1.165, 1.54) is 62.5 Å². The highest BCUT2D eigenvalue weighted by molar-refractivity contribution is 5.23. The molecule has 0 amide bonds. The third-order valence-corrected chi connectivity index (χ3v) is 7.61. The predicted octanol–water partition coefficient (Wildman–Crippen LogP) is 5.68. The van der Waals surface area contributed by atoms with Gasteiger partial charge < -0.3 is 15.3 Å². The average molecular weight is 405 g/mol. The van der Waals surface area contributed by atoms with Gasteiger partial charge in [0.15, 0.2) is 0 Å². The highest BCUT2D eigenvalue weighted by Crippen LogP contribution is 2.53. The molecule has 5 atom stereocenters. The normalized spacial score (nSPS) is 36.0. The summed E-state index contributed by atoms with van der Waals surface area (Å²) in [6.45, 7) is 6.84. The van der Waals surface area contributed by atoms with Crippen molar-refractivity contribution in [2.24, 2.45) is 16.7 Å². The molecule has 1 unspecified atom stereocenters. The Morgan fingerprint density at radius 1 is 1.07 bits per heavy atom. The molecule has 3 N–H and O–H groups in total. The average Bonchev–Trinajstić information content (AvgIpc) is 3.01. The fourth-order valence-corrected chi connectivity index (χ4v) is 6.08. The Kier molecular flexibility index (Phi) is 7.67. The van der Waals surface area contributed by atoms with E-state index in [0.717, 1.165) is 12.8 Å². The van der Waals surface area contributed by atoms with Crippen molar-refractivity contribution in [3.8, 4) is 0 Å². The van der Waals surface area contributed by atoms with Crippen LogP contribution in [-0.4, -0.2) is 33.6 Å². The molecule has 0 aromatic carbocycles. The van der Waals surface area contributed by atoms with Gasteiger partial charge in [0.25, 0.3) is 0 Å². The lowest BCUT2D eigenvalue weighted by Gasteiger charge is -2.36. The van der Waals surface area contributed by atoms with Gasteiger partial charge in [-0.15, -0.1) is 0 Å². The van der Waals surface area contributed by atoms with E-state index in [4.69, 9.17) is 0 Å². The monoisotopic (exact) mass is 404 g/mol. The highest BCUT2D eigenvalue weighted by atomic mass is 16.3. The van der Waals surface area contributed by atoms with Crippen molar-refractivity contribution in [2.75, 3.05) is 0 Å². The summed E-state index contributed by atoms with van der Waals surface area (Å²) in [5.41, 5.74) is 3.48. The van der Waals surface area contributed by atoms with Gasteiger partial charge in [-0.2, -0.15) is 0 Å². The molecule has 3 rings (SSSR count). The largest absolute Gasteiger partial charge is 0.393 e. The summed E-state index contributed by atoms with van der Waals surface area (Å²) in [4.78, 5) is 0. The Morgan fingerprint density at radius 3 is 2.45 bits per heavy atom. The third-order valence-electron chi connectivity index (χ3n) is 7.61. The second-order valence-corrected chi connectivity index (χ2v) is 11.7. The first kappa shape index (κ1) is 23.0. The summed E-state index contributed by atoms with van der Waals surface area (Å²) in [6, 6.07) is 0. The van der Waals surface area contributed by atoms with Gasteiger partial charge in [0.1, 0.15) is 0 Å². The van der Waals surface area contributed by atoms with Crippen LogP contribution in [0.1, 0.15) is 104 Å². The van der Waals surface area contributed by atoms with Gasteiger partial charge in [-0.1, -0.05) is 50.5 Å². The molecule has 0 bridgehead atoms. The molecule has 1 spiro atoms. The van der Waals surface area contributed by atoms with Crippen LogP contribution in [-0.2, 0) is 0 Å². The summed E-state index contributed by atoms with van der Waals surface area (Å²) < 4.78 is 0. The molecule has 0 aromatic rings. The number of rotatable bonds is 5. The Labute approximate surface area is 178 Å². The molecule has 0 saturated heterocycles. The molecule has 0 aliphatic heterocycles. The van der Waals surface area contributed by atoms with Crippen LogP contribution in [0.3, 0.4) is 0 Å². The Balaban J connectivity index is 1.53. The standard InChI is InChI=1S/C26H44O3/c1-25(2,3)11-5-7-24(29)21-10-13-26(18-21)12-4-6-19(17-26)8-9-20-14-22(27)16-23(28)15-20/h8-9,21-24,27-29H,4-7,10-18H2,1-3H3/b19-8+/t21-,22-,23-,24?,26-/m1/s1. The smallest absolute Gasteiger partial charge is 0.0602 e. The Hall–Kier alpha value is -0.640. The van der Waals surface area contributed by atoms with Gasteiger partial charge in [0, 0.05) is 0 Å². The van der Waals surface area contributed by atoms with E-state index < -0.39 is 12.2 Å². The van der Waals surface area contributed by atoms with Gasteiger partial charge in [-0.3, -0.25) is 0 Å². The number of hydrogen-bond donors (Lipinski definition) is 3. The molecule has 3 saturated carbocycles. The van der Waals surface area contributed by atoms with Crippen LogP contribution in [0.4, 0.5) is 0 Å². The minimum Gasteiger partial charge on any atom is -0.393 e. The zero-order valence-corrected chi connectivity index (χ0v) is 19.0. The lowest BCUT2D eigenvalue weighted by Crippen LogP contribution is -2.25. The summed E-state index contributed by atoms with van der Waals surface area (Å²) >= 11 is 0. The molecule has 3 aliphatic carbocycles. The van der Waals surface area contributed by atoms with E-state index in [9.17, 15) is 15.3 Å². The van der Waals surface area contributed by atoms with E-state index in [-0.39, 0.29) is 6.10 Å². The summed E-state index contributed by atoms with van der Waals surface area (Å²) in [7, 11) is 0. The third kappa shape index (κ3) is 6.94. The van der Waals surface area contributed by atoms with Crippen LogP contribution in [0.25, 0.3) is 0 Å². The fourth-order valence-electron chi connectivity index (χ4n) is 6.08. The van der Waals surface area contributed by atoms with Gasteiger partial charge in [0.05, 0.1) is 18.3 Å². The van der Waals surface area contributed by atoms with Crippen molar-refractivity contribution in [1.82, 2.24) is 0 Å². The number of aliphatic hydroxyl groups excluding tert-OH is 3. The molecule has 166 valence electrons. The summed E-state index contributed by atoms with van der Waals surface area (Å²) in [5.74, 6) is 0.483. The van der Waals surface area contributed by atoms with Crippen molar-refractivity contribution in [3.63, 3.8) is 0 Å². The first-order chi connectivity index (χ1) is 13.6. The van der Waals surface area contributed by atoms with Crippen molar-refractivity contribution >= 4 is 0 Å². The van der Waals surface area contributed by atoms with Crippen LogP contribution >= 0.6 is 0 Å². The molecule has 3 fully saturated rings. The Bertz CT molecular complexity index is 588. The second-order valence-electron chi connectivity index (χ2n) is 11.7. The molecule has 0 radical (unpaired) electrons. The van der Waals surface area contributed by atoms with Crippen LogP contribution in [0, 0.1) is 16.7 Å². The van der Waals surface area contributed by atoms with Gasteiger partial charge >= 0.3 is 0 Å². The molecule has 29 heavy (non-hydrogen) atoms. The zero-order valence-electron chi connectivity index (χ0n) is 19.0. The zero-order chi connectivity index (χ0) is 21.1. The van der Waals surface area contributed by atoms with Crippen molar-refractivity contribution < 1.29 is 15.3 Å². The number of hydrogen-bond acceptors (Lipinski definition) is 3. The maximum Gasteiger partial charge on any atom is 0.0602 e. The molecular formula is C26H44O3. The van der Waals surface area contributed by atoms with Gasteiger partial charge in [0.2, 0.25) is 0 Å². The second kappa shape index (κ2) is 9.66. The van der Waals surface area contributed by atoms with E-state index in [0.29, 0.717) is 36.0 Å². The first-order valence-corrected chi connectivity index (χ1v) is 12.1. The Morgan fingerprint density at radius 2 is 1.76 bits per heavy atom. The molecule has 3 heteroatoms. The lowest BCUT2D eigenvalue weighted by molar-refractivity contribution is 0.0609. The van der Waals surface area contributed by atoms with E-state index in [2.05, 4.69) is 32.9 Å². The van der Waals surface area contributed by atoms with Crippen molar-refractivity contribution in [3.05, 3.63) is 23.3 Å². The van der Waals surface area contributed by atoms with Crippen molar-refractivity contribution in [2.45, 2.75) is 123 Å². The van der Waals surface area contributed by atoms with Crippen molar-refractivity contribution in [1.29, 1.82) is 0 Å². The summed E-state index contributed by atoms with van der Waals surface area (Å²) in [5, 5.41) is 30.6. The maximum atomic E-state index is 10.8. The van der Waals surface area contributed by atoms with Crippen LogP contribution in [0.5, 0.6) is 0 Å². The van der Waals surface area contributed by atoms with Gasteiger partial charge in [-0.25, -0.2) is 0 Å². The first-order valence-electron chi connectivity index (χ1n) is 12.1. The quantitative estimate of drug-likeness (QED) is 0.552. The molecule has 0 heterocycles. The minimum absolute atomic E-state index is 0.126. The summed E-state index contributed by atoms with van der Waals surface area (Å²) in [6.07, 6.45) is 17.3. The highest BCUT2D eigenvalue weighted by Gasteiger charge is 2.42. The maximum absolute atomic E-state index is 10.8. The van der Waals surface area contributed by atoms with Crippen LogP contribution < -0.4 is 0 Å². The minimum atomic E-state index is -0.392. The van der Waals surface area contributed by atoms with Crippen LogP contribution in [0.15, 0.2) is 23.3 Å². The molecule has 3 nitrogen and oxygen atoms in total. The number of allylic oxidation sites excluding steroid dienone is 3. The number of aliphatic hydroxyl groups is 3. The van der Waals surface area contributed by atoms with Crippen LogP contribution in [0.2, 0.25) is 0 Å². The molecule has 3 aliphatic rings. The van der Waals surface area contributed by atoms with E-state index in [1.807, 2.05) is 0 Å². The molecule has 0 aromatic heterocycles. The topological polar surface area (TPSA) is 60.7 Å². The van der Waals surface area contributed by atoms with E-state index >= 15 is 0 Å². The fraction of sp³-hybridized carbons (Fsp3) is 0.846. The molecular weight excluding hydrogens is 360 g/mol. The predicted molar refractivity (Wildman–Crippen MR) is 120 cm³/mol. The van der Waals surface area contributed by atoms with Gasteiger partial charge in [-0.05, 0) is 93.8 Å².